The Bertz CT molecular complexity index is 3370. The van der Waals surface area contributed by atoms with E-state index >= 15 is 0 Å². The number of aliphatic hydroxyl groups is 1. The van der Waals surface area contributed by atoms with Crippen LogP contribution in [0.3, 0.4) is 0 Å². The van der Waals surface area contributed by atoms with Gasteiger partial charge in [-0.05, 0) is 143 Å². The number of amides is 2. The number of hydrogen-bond donors (Lipinski definition) is 4. The number of ether oxygens (including phenoxy) is 2. The predicted octanol–water partition coefficient (Wildman–Crippen LogP) is 7.45. The molecule has 20 heteroatoms. The van der Waals surface area contributed by atoms with Crippen LogP contribution < -0.4 is 26.1 Å². The largest absolute Gasteiger partial charge is 0.458 e. The highest BCUT2D eigenvalue weighted by atomic mass is 32.2. The maximum Gasteiger partial charge on any atom is 0.415 e. The van der Waals surface area contributed by atoms with Gasteiger partial charge in [-0.15, -0.1) is 10.2 Å². The third-order valence-electron chi connectivity index (χ3n) is 16.5. The van der Waals surface area contributed by atoms with Gasteiger partial charge in [0.15, 0.2) is 5.60 Å². The molecule has 3 aromatic carbocycles. The number of cyclic esters (lactones) is 1. The Balaban J connectivity index is 0.000000162. The number of rotatable bonds is 10. The van der Waals surface area contributed by atoms with Gasteiger partial charge in [-0.1, -0.05) is 80.1 Å². The quantitative estimate of drug-likeness (QED) is 0.0591. The van der Waals surface area contributed by atoms with E-state index in [0.717, 1.165) is 41.4 Å². The van der Waals surface area contributed by atoms with Gasteiger partial charge in [0, 0.05) is 53.9 Å². The molecule has 0 radical (unpaired) electrons. The van der Waals surface area contributed by atoms with Crippen LogP contribution in [0.15, 0.2) is 81.9 Å². The van der Waals surface area contributed by atoms with Gasteiger partial charge in [0.2, 0.25) is 15.4 Å². The average Bonchev–Trinajstić information content (AvgIpc) is 4.25. The molecule has 5 N–H and O–H groups in total. The number of aromatic nitrogens is 4. The highest BCUT2D eigenvalue weighted by Gasteiger charge is 2.48. The molecule has 2 fully saturated rings. The van der Waals surface area contributed by atoms with Gasteiger partial charge in [0.25, 0.3) is 15.6 Å². The number of esters is 1. The van der Waals surface area contributed by atoms with Crippen LogP contribution in [-0.2, 0) is 54.9 Å². The number of fused-ring (bicyclic) bond motifs is 6. The normalized spacial score (nSPS) is 21.2. The Morgan fingerprint density at radius 2 is 1.61 bits per heavy atom. The zero-order valence-corrected chi connectivity index (χ0v) is 45.7. The van der Waals surface area contributed by atoms with E-state index in [0.29, 0.717) is 77.6 Å². The average molecular weight is 1090 g/mol. The summed E-state index contributed by atoms with van der Waals surface area (Å²) in [6.45, 7) is 10.0. The molecule has 406 valence electrons. The van der Waals surface area contributed by atoms with E-state index in [4.69, 9.17) is 19.6 Å². The third kappa shape index (κ3) is 10.3. The molecule has 0 unspecified atom stereocenters. The molecule has 3 aromatic heterocycles. The SMILES string of the molecule is CC(=O)Nc1nnc(S(N)(=O)=O)s1.CCc1c2c(nc3ccc(OC(=O)N4CCC(N5CCCCC5)CC4)cc13)-c1cc3c(c(=O)n1C2)COC(=O)[C@]3(O)CC.CNCCCC12CCC(c3ccccc31)c1ccccc12. The van der Waals surface area contributed by atoms with Crippen molar-refractivity contribution in [1.29, 1.82) is 0 Å². The standard InChI is InChI=1S/C33H38N4O6.C20H23N.C4H6N4O3S2/c1-3-22-23-16-21(43-32(40)36-14-10-20(11-15-36)35-12-6-5-7-13-35)8-9-27(23)34-29-24(22)18-37-28(29)17-26-25(30(37)38)19-42-31(39)33(26,41)4-2;1-21-14-6-12-20-13-11-15(16-7-2-4-9-18(16)20)17-8-3-5-10-19(17)20;1-2(9)6-3-7-8-4(12-3)13(5,10)11/h8-9,16-17,20,41H,3-7,10-15,18-19H2,1-2H3;2-5,7-10,15,21H,6,11-14H2,1H3;1H3,(H2,5,10,11)(H,6,7,9)/t33-;;/m0../s1. The fourth-order valence-electron chi connectivity index (χ4n) is 12.7. The van der Waals surface area contributed by atoms with Crippen molar-refractivity contribution >= 4 is 55.4 Å². The van der Waals surface area contributed by atoms with Gasteiger partial charge in [0.05, 0.1) is 29.0 Å². The van der Waals surface area contributed by atoms with Crippen LogP contribution in [0.25, 0.3) is 22.3 Å². The first-order valence-electron chi connectivity index (χ1n) is 26.9. The first-order valence-corrected chi connectivity index (χ1v) is 29.3. The number of nitrogens with zero attached hydrogens (tertiary/aromatic N) is 6. The van der Waals surface area contributed by atoms with E-state index in [1.54, 1.807) is 45.9 Å². The topological polar surface area (TPSA) is 241 Å². The van der Waals surface area contributed by atoms with Crippen LogP contribution in [-0.4, -0.2) is 107 Å². The number of nitrogens with two attached hydrogens (primary N) is 1. The summed E-state index contributed by atoms with van der Waals surface area (Å²) >= 11 is 0.701. The third-order valence-corrected chi connectivity index (χ3v) is 18.6. The van der Waals surface area contributed by atoms with Gasteiger partial charge >= 0.3 is 12.1 Å². The molecular weight excluding hydrogens is 1020 g/mol. The Hall–Kier alpha value is -6.42. The molecule has 18 nitrogen and oxygen atoms in total. The molecule has 4 aliphatic heterocycles. The number of pyridine rings is 2. The number of aryl methyl sites for hydroxylation is 1. The second-order valence-electron chi connectivity index (χ2n) is 20.9. The Morgan fingerprint density at radius 3 is 2.25 bits per heavy atom. The summed E-state index contributed by atoms with van der Waals surface area (Å²) in [5.74, 6) is 0.0128. The van der Waals surface area contributed by atoms with Crippen molar-refractivity contribution in [2.24, 2.45) is 5.14 Å². The molecule has 3 aliphatic carbocycles. The van der Waals surface area contributed by atoms with Crippen molar-refractivity contribution in [3.63, 3.8) is 0 Å². The minimum absolute atomic E-state index is 0.0951. The molecular formula is C57H67N9O9S2. The Kier molecular flexibility index (Phi) is 15.5. The number of sulfonamides is 1. The smallest absolute Gasteiger partial charge is 0.415 e. The number of piperidine rings is 2. The lowest BCUT2D eigenvalue weighted by atomic mass is 9.54. The van der Waals surface area contributed by atoms with E-state index in [9.17, 15) is 32.7 Å². The summed E-state index contributed by atoms with van der Waals surface area (Å²) in [7, 11) is -1.77. The van der Waals surface area contributed by atoms with Crippen LogP contribution in [0.2, 0.25) is 0 Å². The fourth-order valence-corrected chi connectivity index (χ4v) is 14.1. The number of likely N-dealkylation sites (tertiary alicyclic amines) is 2. The monoisotopic (exact) mass is 1090 g/mol. The van der Waals surface area contributed by atoms with E-state index in [2.05, 4.69) is 88.2 Å². The minimum Gasteiger partial charge on any atom is -0.458 e. The molecule has 6 aromatic rings. The molecule has 7 aliphatic rings. The summed E-state index contributed by atoms with van der Waals surface area (Å²) in [4.78, 5) is 59.1. The molecule has 0 spiro atoms. The highest BCUT2D eigenvalue weighted by molar-refractivity contribution is 7.91. The molecule has 1 atom stereocenters. The van der Waals surface area contributed by atoms with E-state index in [-0.39, 0.29) is 45.5 Å². The lowest BCUT2D eigenvalue weighted by Crippen LogP contribution is -2.48. The van der Waals surface area contributed by atoms with Crippen molar-refractivity contribution in [3.05, 3.63) is 128 Å². The Labute approximate surface area is 452 Å². The van der Waals surface area contributed by atoms with E-state index in [1.807, 2.05) is 17.0 Å². The summed E-state index contributed by atoms with van der Waals surface area (Å²) < 4.78 is 33.8. The number of benzene rings is 3. The first-order chi connectivity index (χ1) is 37.1. The van der Waals surface area contributed by atoms with Crippen LogP contribution in [0, 0.1) is 0 Å². The van der Waals surface area contributed by atoms with Crippen molar-refractivity contribution in [1.82, 2.24) is 34.9 Å². The Morgan fingerprint density at radius 1 is 0.909 bits per heavy atom. The number of carbonyl (C=O) groups is 3. The minimum atomic E-state index is -3.82. The second kappa shape index (κ2) is 22.1. The number of carbonyl (C=O) groups excluding carboxylic acids is 3. The lowest BCUT2D eigenvalue weighted by molar-refractivity contribution is -0.172. The number of primary sulfonamides is 1. The van der Waals surface area contributed by atoms with Gasteiger partial charge in [-0.25, -0.2) is 28.1 Å². The molecule has 77 heavy (non-hydrogen) atoms. The highest BCUT2D eigenvalue weighted by Crippen LogP contribution is 2.58. The zero-order valence-electron chi connectivity index (χ0n) is 44.1. The summed E-state index contributed by atoms with van der Waals surface area (Å²) in [5, 5.41) is 29.2. The van der Waals surface area contributed by atoms with Crippen LogP contribution >= 0.6 is 11.3 Å². The molecule has 13 rings (SSSR count). The maximum atomic E-state index is 13.6. The molecule has 2 bridgehead atoms. The van der Waals surface area contributed by atoms with E-state index in [1.165, 1.54) is 65.0 Å². The molecule has 0 saturated carbocycles. The van der Waals surface area contributed by atoms with Crippen molar-refractivity contribution in [2.75, 3.05) is 45.1 Å². The van der Waals surface area contributed by atoms with Crippen molar-refractivity contribution in [2.45, 2.75) is 132 Å². The maximum absolute atomic E-state index is 13.6. The van der Waals surface area contributed by atoms with Gasteiger partial charge in [0.1, 0.15) is 12.4 Å². The molecule has 7 heterocycles. The van der Waals surface area contributed by atoms with Gasteiger partial charge in [-0.2, -0.15) is 0 Å². The lowest BCUT2D eigenvalue weighted by Gasteiger charge is -2.50. The van der Waals surface area contributed by atoms with Crippen LogP contribution in [0.5, 0.6) is 5.75 Å². The first kappa shape index (κ1) is 54.0. The summed E-state index contributed by atoms with van der Waals surface area (Å²) in [5.41, 5.74) is 9.04. The van der Waals surface area contributed by atoms with E-state index < -0.39 is 21.6 Å². The predicted molar refractivity (Wildman–Crippen MR) is 293 cm³/mol. The van der Waals surface area contributed by atoms with Crippen molar-refractivity contribution in [3.8, 4) is 17.1 Å². The fraction of sp³-hybridized carbons (Fsp3) is 0.456. The summed E-state index contributed by atoms with van der Waals surface area (Å²) in [6.07, 6.45) is 11.4. The molecule has 2 saturated heterocycles. The van der Waals surface area contributed by atoms with Crippen molar-refractivity contribution < 1.29 is 37.4 Å². The van der Waals surface area contributed by atoms with Gasteiger partial charge in [-0.3, -0.25) is 9.59 Å². The van der Waals surface area contributed by atoms with Gasteiger partial charge < -0.3 is 39.6 Å². The number of nitrogens with one attached hydrogen (secondary N) is 2. The molecule has 2 amide bonds. The zero-order chi connectivity index (χ0) is 54.2. The summed E-state index contributed by atoms with van der Waals surface area (Å²) in [6, 6.07) is 26.1. The van der Waals surface area contributed by atoms with Crippen LogP contribution in [0.4, 0.5) is 9.93 Å². The second-order valence-corrected chi connectivity index (χ2v) is 23.6. The number of hydrogen-bond acceptors (Lipinski definition) is 15. The number of anilines is 1. The van der Waals surface area contributed by atoms with Crippen LogP contribution in [0.1, 0.15) is 135 Å².